The highest BCUT2D eigenvalue weighted by Crippen LogP contribution is 1.90. The molecule has 0 aromatic rings. The third-order valence-corrected chi connectivity index (χ3v) is 1.30. The van der Waals surface area contributed by atoms with Gasteiger partial charge in [-0.3, -0.25) is 4.79 Å². The fraction of sp³-hybridized carbons (Fsp3) is 0.750. The van der Waals surface area contributed by atoms with Crippen molar-refractivity contribution in [3.05, 3.63) is 0 Å². The molecule has 40 valence electrons. The van der Waals surface area contributed by atoms with Crippen molar-refractivity contribution >= 4 is 29.6 Å². The van der Waals surface area contributed by atoms with Crippen LogP contribution < -0.4 is 0 Å². The van der Waals surface area contributed by atoms with Gasteiger partial charge in [-0.05, 0) is 6.42 Å². The quantitative estimate of drug-likeness (QED) is 0.434. The maximum atomic E-state index is 10.4. The zero-order valence-corrected chi connectivity index (χ0v) is 5.99. The Hall–Kier alpha value is 0.215. The number of rotatable bonds is 3. The van der Waals surface area contributed by atoms with E-state index < -0.39 is 0 Å². The predicted molar refractivity (Wildman–Crippen MR) is 36.8 cm³/mol. The van der Waals surface area contributed by atoms with Gasteiger partial charge in [-0.2, -0.15) is 0 Å². The highest BCUT2D eigenvalue weighted by Gasteiger charge is 1.92. The number of hydrogen-bond acceptors (Lipinski definition) is 1. The molecule has 0 N–H and O–H groups in total. The molecule has 0 saturated carbocycles. The van der Waals surface area contributed by atoms with Crippen molar-refractivity contribution in [1.82, 2.24) is 0 Å². The molecule has 0 spiro atoms. The van der Waals surface area contributed by atoms with Crippen LogP contribution in [0, 0.1) is 0 Å². The molecule has 0 amide bonds. The summed E-state index contributed by atoms with van der Waals surface area (Å²) < 4.78 is 0. The monoisotopic (exact) mass is 162 g/mol. The molecule has 7 heavy (non-hydrogen) atoms. The second-order valence-corrected chi connectivity index (χ2v) is 1.98. The van der Waals surface area contributed by atoms with Gasteiger partial charge in [-0.1, -0.05) is 22.3 Å². The first kappa shape index (κ1) is 7.21. The van der Waals surface area contributed by atoms with Crippen molar-refractivity contribution in [3.63, 3.8) is 0 Å². The van der Waals surface area contributed by atoms with Gasteiger partial charge in [0.1, 0.15) is 13.6 Å². The maximum Gasteiger partial charge on any atom is 0.142 e. The van der Waals surface area contributed by atoms with Crippen molar-refractivity contribution in [2.24, 2.45) is 0 Å². The summed E-state index contributed by atoms with van der Waals surface area (Å²) in [6.45, 7) is 0. The highest BCUT2D eigenvalue weighted by molar-refractivity contribution is 9.09. The van der Waals surface area contributed by atoms with Crippen LogP contribution in [0.4, 0.5) is 0 Å². The molecule has 1 nitrogen and oxygen atoms in total. The van der Waals surface area contributed by atoms with Gasteiger partial charge in [-0.25, -0.2) is 0 Å². The normalized spacial score (nSPS) is 8.71. The van der Waals surface area contributed by atoms with Gasteiger partial charge in [0.05, 0.1) is 5.33 Å². The zero-order chi connectivity index (χ0) is 5.70. The molecule has 0 aliphatic carbocycles. The number of Topliss-reactive ketones (excluding diaryl/α,β-unsaturated/α-hetero) is 1. The standard InChI is InChI=1S/C4H8BBrO/c5-2-1-4(7)3-6/h1-3,5H2. The number of ketones is 1. The Kier molecular flexibility index (Phi) is 4.51. The lowest BCUT2D eigenvalue weighted by atomic mass is 10.0. The van der Waals surface area contributed by atoms with E-state index in [-0.39, 0.29) is 0 Å². The van der Waals surface area contributed by atoms with Crippen LogP contribution in [0.15, 0.2) is 0 Å². The fourth-order valence-corrected chi connectivity index (χ4v) is 0.626. The van der Waals surface area contributed by atoms with Crippen LogP contribution in [0.3, 0.4) is 0 Å². The Labute approximate surface area is 53.0 Å². The van der Waals surface area contributed by atoms with Gasteiger partial charge in [0.25, 0.3) is 0 Å². The maximum absolute atomic E-state index is 10.4. The molecule has 0 rings (SSSR count). The number of hydrogen-bond donors (Lipinski definition) is 0. The van der Waals surface area contributed by atoms with Crippen LogP contribution in [-0.2, 0) is 4.79 Å². The van der Waals surface area contributed by atoms with Gasteiger partial charge >= 0.3 is 0 Å². The summed E-state index contributed by atoms with van der Waals surface area (Å²) in [6, 6.07) is 0. The SMILES string of the molecule is BCCC(=O)CBr. The summed E-state index contributed by atoms with van der Waals surface area (Å²) in [6.07, 6.45) is 1.68. The van der Waals surface area contributed by atoms with E-state index in [2.05, 4.69) is 15.9 Å². The zero-order valence-electron chi connectivity index (χ0n) is 4.41. The first-order valence-electron chi connectivity index (χ1n) is 2.39. The second-order valence-electron chi connectivity index (χ2n) is 1.42. The number of alkyl halides is 1. The predicted octanol–water partition coefficient (Wildman–Crippen LogP) is 0.392. The van der Waals surface area contributed by atoms with E-state index in [1.54, 1.807) is 0 Å². The number of halogens is 1. The van der Waals surface area contributed by atoms with Crippen LogP contribution in [-0.4, -0.2) is 19.0 Å². The van der Waals surface area contributed by atoms with Gasteiger partial charge in [0.2, 0.25) is 0 Å². The van der Waals surface area contributed by atoms with Crippen molar-refractivity contribution < 1.29 is 4.79 Å². The lowest BCUT2D eigenvalue weighted by Crippen LogP contribution is -1.96. The molecule has 0 saturated heterocycles. The van der Waals surface area contributed by atoms with Crippen LogP contribution in [0.2, 0.25) is 6.32 Å². The summed E-state index contributed by atoms with van der Waals surface area (Å²) in [7, 11) is 2.00. The van der Waals surface area contributed by atoms with Gasteiger partial charge < -0.3 is 0 Å². The first-order chi connectivity index (χ1) is 3.31. The lowest BCUT2D eigenvalue weighted by Gasteiger charge is -1.85. The molecule has 0 aromatic heterocycles. The first-order valence-corrected chi connectivity index (χ1v) is 3.51. The van der Waals surface area contributed by atoms with Crippen molar-refractivity contribution in [1.29, 1.82) is 0 Å². The Morgan fingerprint density at radius 3 is 2.43 bits per heavy atom. The Bertz CT molecular complexity index is 64.7. The number of carbonyl (C=O) groups excluding carboxylic acids is 1. The van der Waals surface area contributed by atoms with Gasteiger partial charge in [0.15, 0.2) is 0 Å². The Morgan fingerprint density at radius 1 is 1.71 bits per heavy atom. The van der Waals surface area contributed by atoms with Crippen molar-refractivity contribution in [2.75, 3.05) is 5.33 Å². The molecule has 0 unspecified atom stereocenters. The summed E-state index contributed by atoms with van der Waals surface area (Å²) in [4.78, 5) is 10.4. The topological polar surface area (TPSA) is 17.1 Å². The van der Waals surface area contributed by atoms with Crippen LogP contribution in [0.5, 0.6) is 0 Å². The minimum Gasteiger partial charge on any atom is -0.299 e. The van der Waals surface area contributed by atoms with E-state index in [0.717, 1.165) is 6.32 Å². The molecule has 0 fully saturated rings. The molecule has 0 aliphatic rings. The third kappa shape index (κ3) is 4.06. The van der Waals surface area contributed by atoms with Crippen LogP contribution >= 0.6 is 15.9 Å². The molecular formula is C4H8BBrO. The largest absolute Gasteiger partial charge is 0.299 e. The number of carbonyl (C=O) groups is 1. The van der Waals surface area contributed by atoms with E-state index >= 15 is 0 Å². The smallest absolute Gasteiger partial charge is 0.142 e. The van der Waals surface area contributed by atoms with Gasteiger partial charge in [0, 0.05) is 0 Å². The van der Waals surface area contributed by atoms with E-state index in [0.29, 0.717) is 17.5 Å². The summed E-state index contributed by atoms with van der Waals surface area (Å²) in [5.74, 6) is 0.294. The average Bonchev–Trinajstić information content (AvgIpc) is 1.68. The lowest BCUT2D eigenvalue weighted by molar-refractivity contribution is -0.116. The summed E-state index contributed by atoms with van der Waals surface area (Å²) in [5, 5.41) is 0.515. The summed E-state index contributed by atoms with van der Waals surface area (Å²) >= 11 is 3.07. The molecule has 0 aromatic carbocycles. The summed E-state index contributed by atoms with van der Waals surface area (Å²) in [5.41, 5.74) is 0. The highest BCUT2D eigenvalue weighted by atomic mass is 79.9. The molecular weight excluding hydrogens is 155 g/mol. The van der Waals surface area contributed by atoms with E-state index in [4.69, 9.17) is 0 Å². The van der Waals surface area contributed by atoms with Crippen molar-refractivity contribution in [3.8, 4) is 0 Å². The van der Waals surface area contributed by atoms with E-state index in [1.807, 2.05) is 7.85 Å². The van der Waals surface area contributed by atoms with E-state index in [1.165, 1.54) is 0 Å². The van der Waals surface area contributed by atoms with Crippen LogP contribution in [0.25, 0.3) is 0 Å². The Balaban J connectivity index is 3.00. The fourth-order valence-electron chi connectivity index (χ4n) is 0.346. The average molecular weight is 163 g/mol. The molecule has 0 atom stereocenters. The molecule has 0 bridgehead atoms. The second kappa shape index (κ2) is 4.38. The van der Waals surface area contributed by atoms with Crippen LogP contribution in [0.1, 0.15) is 6.42 Å². The minimum atomic E-state index is 0.294. The minimum absolute atomic E-state index is 0.294. The molecule has 0 heterocycles. The molecule has 0 aliphatic heterocycles. The molecule has 3 heteroatoms. The third-order valence-electron chi connectivity index (χ3n) is 0.678. The molecule has 0 radical (unpaired) electrons. The van der Waals surface area contributed by atoms with Crippen molar-refractivity contribution in [2.45, 2.75) is 12.7 Å². The van der Waals surface area contributed by atoms with Gasteiger partial charge in [-0.15, -0.1) is 0 Å². The Morgan fingerprint density at radius 2 is 2.29 bits per heavy atom. The van der Waals surface area contributed by atoms with E-state index in [9.17, 15) is 4.79 Å².